The molecular formula is C19H17N3O2. The Balaban J connectivity index is 2.32. The summed E-state index contributed by atoms with van der Waals surface area (Å²) in [5.74, 6) is -0.914. The number of nitriles is 1. The van der Waals surface area contributed by atoms with E-state index in [9.17, 15) is 10.1 Å². The van der Waals surface area contributed by atoms with E-state index in [2.05, 4.69) is 16.4 Å². The molecule has 1 N–H and O–H groups in total. The number of carbonyl (C=O) groups excluding carboxylic acids is 1. The number of hydrogen-bond donors (Lipinski definition) is 1. The Morgan fingerprint density at radius 1 is 1.25 bits per heavy atom. The third-order valence-electron chi connectivity index (χ3n) is 4.28. The Hall–Kier alpha value is -3.13. The number of esters is 1. The minimum Gasteiger partial charge on any atom is -0.466 e. The van der Waals surface area contributed by atoms with E-state index >= 15 is 0 Å². The molecule has 1 aliphatic rings. The smallest absolute Gasteiger partial charge is 0.336 e. The van der Waals surface area contributed by atoms with E-state index in [4.69, 9.17) is 4.74 Å². The van der Waals surface area contributed by atoms with Gasteiger partial charge in [0.15, 0.2) is 0 Å². The number of hydrogen-bond acceptors (Lipinski definition) is 5. The Morgan fingerprint density at radius 3 is 2.71 bits per heavy atom. The van der Waals surface area contributed by atoms with Crippen molar-refractivity contribution in [1.82, 2.24) is 10.3 Å². The average Bonchev–Trinajstić information content (AvgIpc) is 2.60. The number of aromatic nitrogens is 1. The highest BCUT2D eigenvalue weighted by Gasteiger charge is 2.34. The van der Waals surface area contributed by atoms with Crippen LogP contribution in [0.15, 0.2) is 59.1 Å². The molecule has 2 heterocycles. The summed E-state index contributed by atoms with van der Waals surface area (Å²) in [6.07, 6.45) is 1.70. The number of nitrogens with zero attached hydrogens (tertiary/aromatic N) is 2. The highest BCUT2D eigenvalue weighted by molar-refractivity contribution is 5.95. The Bertz CT molecular complexity index is 930. The molecule has 0 unspecified atom stereocenters. The monoisotopic (exact) mass is 319 g/mol. The molecule has 0 bridgehead atoms. The number of nitrogens with one attached hydrogen (secondary N) is 1. The number of pyridine rings is 1. The first-order valence-electron chi connectivity index (χ1n) is 7.59. The summed E-state index contributed by atoms with van der Waals surface area (Å²) in [7, 11) is 1.35. The molecular weight excluding hydrogens is 302 g/mol. The Kier molecular flexibility index (Phi) is 4.05. The standard InChI is InChI=1S/C19H17N3O2/c1-11-15(10-20)18(17(12(2)22-11)19(23)24-3)14-8-9-21-16-7-5-4-6-13(14)16/h4-9,18,22H,1-3H3/t18-/m1/s1. The van der Waals surface area contributed by atoms with Crippen LogP contribution >= 0.6 is 0 Å². The molecule has 0 saturated heterocycles. The van der Waals surface area contributed by atoms with E-state index < -0.39 is 11.9 Å². The maximum absolute atomic E-state index is 12.4. The molecule has 3 rings (SSSR count). The number of methoxy groups -OCH3 is 1. The number of allylic oxidation sites excluding steroid dienone is 3. The van der Waals surface area contributed by atoms with Gasteiger partial charge < -0.3 is 10.1 Å². The van der Waals surface area contributed by atoms with Crippen LogP contribution in [-0.2, 0) is 9.53 Å². The SMILES string of the molecule is COC(=O)C1=C(C)NC(C)=C(C#N)[C@H]1c1ccnc2ccccc12. The Labute approximate surface area is 140 Å². The summed E-state index contributed by atoms with van der Waals surface area (Å²) in [4.78, 5) is 16.8. The Morgan fingerprint density at radius 2 is 2.00 bits per heavy atom. The van der Waals surface area contributed by atoms with Gasteiger partial charge >= 0.3 is 5.97 Å². The molecule has 120 valence electrons. The lowest BCUT2D eigenvalue weighted by atomic mass is 9.80. The zero-order valence-electron chi connectivity index (χ0n) is 13.8. The van der Waals surface area contributed by atoms with Crippen molar-refractivity contribution in [2.24, 2.45) is 0 Å². The molecule has 24 heavy (non-hydrogen) atoms. The molecule has 0 aliphatic carbocycles. The average molecular weight is 319 g/mol. The molecule has 0 fully saturated rings. The summed E-state index contributed by atoms with van der Waals surface area (Å²) < 4.78 is 4.97. The molecule has 1 aromatic carbocycles. The van der Waals surface area contributed by atoms with Gasteiger partial charge in [0.25, 0.3) is 0 Å². The number of ether oxygens (including phenoxy) is 1. The van der Waals surface area contributed by atoms with Crippen molar-refractivity contribution in [1.29, 1.82) is 5.26 Å². The van der Waals surface area contributed by atoms with Crippen molar-refractivity contribution in [3.63, 3.8) is 0 Å². The van der Waals surface area contributed by atoms with Crippen LogP contribution in [0, 0.1) is 11.3 Å². The maximum Gasteiger partial charge on any atom is 0.336 e. The van der Waals surface area contributed by atoms with E-state index in [0.717, 1.165) is 22.2 Å². The second-order valence-electron chi connectivity index (χ2n) is 5.66. The quantitative estimate of drug-likeness (QED) is 0.861. The van der Waals surface area contributed by atoms with Gasteiger partial charge in [0.05, 0.1) is 35.8 Å². The zero-order chi connectivity index (χ0) is 17.3. The van der Waals surface area contributed by atoms with Crippen LogP contribution in [0.5, 0.6) is 0 Å². The second-order valence-corrected chi connectivity index (χ2v) is 5.66. The predicted octanol–water partition coefficient (Wildman–Crippen LogP) is 3.17. The third kappa shape index (κ3) is 2.42. The van der Waals surface area contributed by atoms with Gasteiger partial charge in [-0.1, -0.05) is 18.2 Å². The van der Waals surface area contributed by atoms with Gasteiger partial charge in [0.1, 0.15) is 0 Å². The molecule has 1 aliphatic heterocycles. The third-order valence-corrected chi connectivity index (χ3v) is 4.28. The van der Waals surface area contributed by atoms with Gasteiger partial charge in [-0.05, 0) is 31.5 Å². The first-order valence-corrected chi connectivity index (χ1v) is 7.59. The fourth-order valence-electron chi connectivity index (χ4n) is 3.20. The summed E-state index contributed by atoms with van der Waals surface area (Å²) >= 11 is 0. The molecule has 1 atom stereocenters. The van der Waals surface area contributed by atoms with Gasteiger partial charge in [-0.3, -0.25) is 4.98 Å². The molecule has 5 nitrogen and oxygen atoms in total. The number of benzene rings is 1. The first-order chi connectivity index (χ1) is 11.6. The van der Waals surface area contributed by atoms with Gasteiger partial charge in [-0.25, -0.2) is 4.79 Å². The molecule has 0 saturated carbocycles. The van der Waals surface area contributed by atoms with Gasteiger partial charge in [-0.2, -0.15) is 5.26 Å². The van der Waals surface area contributed by atoms with Crippen molar-refractivity contribution >= 4 is 16.9 Å². The maximum atomic E-state index is 12.4. The minimum atomic E-state index is -0.475. The van der Waals surface area contributed by atoms with Crippen LogP contribution in [-0.4, -0.2) is 18.1 Å². The van der Waals surface area contributed by atoms with E-state index in [1.165, 1.54) is 7.11 Å². The molecule has 0 spiro atoms. The number of rotatable bonds is 2. The molecule has 1 aromatic heterocycles. The minimum absolute atomic E-state index is 0.439. The largest absolute Gasteiger partial charge is 0.466 e. The summed E-state index contributed by atoms with van der Waals surface area (Å²) in [6.45, 7) is 3.66. The first kappa shape index (κ1) is 15.8. The fourth-order valence-corrected chi connectivity index (χ4v) is 3.20. The van der Waals surface area contributed by atoms with E-state index in [-0.39, 0.29) is 0 Å². The molecule has 0 radical (unpaired) electrons. The highest BCUT2D eigenvalue weighted by Crippen LogP contribution is 2.40. The fraction of sp³-hybridized carbons (Fsp3) is 0.211. The summed E-state index contributed by atoms with van der Waals surface area (Å²) in [6, 6.07) is 11.8. The normalized spacial score (nSPS) is 17.5. The van der Waals surface area contributed by atoms with Crippen LogP contribution in [0.2, 0.25) is 0 Å². The number of dihydropyridines is 1. The second kappa shape index (κ2) is 6.17. The van der Waals surface area contributed by atoms with Gasteiger partial charge in [-0.15, -0.1) is 0 Å². The van der Waals surface area contributed by atoms with E-state index in [1.807, 2.05) is 44.2 Å². The number of fused-ring (bicyclic) bond motifs is 1. The zero-order valence-corrected chi connectivity index (χ0v) is 13.8. The predicted molar refractivity (Wildman–Crippen MR) is 90.6 cm³/mol. The summed E-state index contributed by atoms with van der Waals surface area (Å²) in [5.41, 5.74) is 4.11. The van der Waals surface area contributed by atoms with E-state index in [0.29, 0.717) is 16.8 Å². The van der Waals surface area contributed by atoms with Crippen LogP contribution in [0.1, 0.15) is 25.3 Å². The lowest BCUT2D eigenvalue weighted by Crippen LogP contribution is -2.28. The lowest BCUT2D eigenvalue weighted by Gasteiger charge is -2.28. The molecule has 5 heteroatoms. The van der Waals surface area contributed by atoms with Gasteiger partial charge in [0, 0.05) is 23.0 Å². The van der Waals surface area contributed by atoms with Crippen molar-refractivity contribution in [3.05, 3.63) is 64.6 Å². The van der Waals surface area contributed by atoms with Crippen molar-refractivity contribution in [2.45, 2.75) is 19.8 Å². The van der Waals surface area contributed by atoms with Crippen molar-refractivity contribution < 1.29 is 9.53 Å². The summed E-state index contributed by atoms with van der Waals surface area (Å²) in [5, 5.41) is 13.7. The molecule has 0 amide bonds. The number of para-hydroxylation sites is 1. The van der Waals surface area contributed by atoms with Gasteiger partial charge in [0.2, 0.25) is 0 Å². The van der Waals surface area contributed by atoms with Crippen molar-refractivity contribution in [3.8, 4) is 6.07 Å². The van der Waals surface area contributed by atoms with Crippen LogP contribution in [0.4, 0.5) is 0 Å². The van der Waals surface area contributed by atoms with Crippen molar-refractivity contribution in [2.75, 3.05) is 7.11 Å². The van der Waals surface area contributed by atoms with Crippen LogP contribution in [0.25, 0.3) is 10.9 Å². The lowest BCUT2D eigenvalue weighted by molar-refractivity contribution is -0.136. The highest BCUT2D eigenvalue weighted by atomic mass is 16.5. The topological polar surface area (TPSA) is 75.0 Å². The van der Waals surface area contributed by atoms with E-state index in [1.54, 1.807) is 6.20 Å². The van der Waals surface area contributed by atoms with Crippen LogP contribution in [0.3, 0.4) is 0 Å². The number of carbonyl (C=O) groups is 1. The molecule has 2 aromatic rings. The van der Waals surface area contributed by atoms with Crippen LogP contribution < -0.4 is 5.32 Å².